The molecule has 32 heavy (non-hydrogen) atoms. The van der Waals surface area contributed by atoms with Crippen LogP contribution in [0.3, 0.4) is 0 Å². The van der Waals surface area contributed by atoms with Crippen LogP contribution in [0.1, 0.15) is 43.7 Å². The molecule has 7 nitrogen and oxygen atoms in total. The lowest BCUT2D eigenvalue weighted by Crippen LogP contribution is -2.54. The number of carbonyl (C=O) groups excluding carboxylic acids is 2. The van der Waals surface area contributed by atoms with Gasteiger partial charge in [0.15, 0.2) is 0 Å². The van der Waals surface area contributed by atoms with Crippen LogP contribution in [0.5, 0.6) is 0 Å². The van der Waals surface area contributed by atoms with E-state index >= 15 is 0 Å². The highest BCUT2D eigenvalue weighted by molar-refractivity contribution is 5.86. The molecule has 1 aliphatic carbocycles. The fourth-order valence-electron chi connectivity index (χ4n) is 4.74. The van der Waals surface area contributed by atoms with Crippen molar-refractivity contribution in [3.63, 3.8) is 0 Å². The molecule has 0 bridgehead atoms. The number of rotatable bonds is 5. The molecule has 0 aromatic heterocycles. The number of nitrogens with one attached hydrogen (secondary N) is 1. The van der Waals surface area contributed by atoms with Crippen LogP contribution in [-0.2, 0) is 14.3 Å². The Balaban J connectivity index is 1.37. The van der Waals surface area contributed by atoms with Crippen molar-refractivity contribution in [2.24, 2.45) is 5.92 Å². The predicted octanol–water partition coefficient (Wildman–Crippen LogP) is 3.63. The van der Waals surface area contributed by atoms with Gasteiger partial charge in [-0.05, 0) is 48.9 Å². The minimum Gasteiger partial charge on any atom is -0.481 e. The Bertz CT molecular complexity index is 991. The lowest BCUT2D eigenvalue weighted by molar-refractivity contribution is -0.147. The maximum absolute atomic E-state index is 12.9. The van der Waals surface area contributed by atoms with Gasteiger partial charge in [0.05, 0.1) is 5.92 Å². The summed E-state index contributed by atoms with van der Waals surface area (Å²) in [7, 11) is 0. The Morgan fingerprint density at radius 2 is 1.66 bits per heavy atom. The van der Waals surface area contributed by atoms with Crippen molar-refractivity contribution in [1.29, 1.82) is 0 Å². The van der Waals surface area contributed by atoms with Crippen LogP contribution in [0.15, 0.2) is 48.5 Å². The number of nitrogens with zero attached hydrogens (tertiary/aromatic N) is 1. The van der Waals surface area contributed by atoms with Gasteiger partial charge in [-0.3, -0.25) is 9.59 Å². The first kappa shape index (κ1) is 21.9. The lowest BCUT2D eigenvalue weighted by Gasteiger charge is -2.37. The summed E-state index contributed by atoms with van der Waals surface area (Å²) in [5.74, 6) is -1.82. The number of hydrogen-bond donors (Lipinski definition) is 2. The zero-order chi connectivity index (χ0) is 22.8. The van der Waals surface area contributed by atoms with Gasteiger partial charge in [0.1, 0.15) is 12.6 Å². The molecule has 1 fully saturated rings. The van der Waals surface area contributed by atoms with E-state index in [9.17, 15) is 19.5 Å². The minimum absolute atomic E-state index is 0.0578. The third-order valence-electron chi connectivity index (χ3n) is 6.56. The molecule has 1 heterocycles. The summed E-state index contributed by atoms with van der Waals surface area (Å²) in [5.41, 5.74) is 4.53. The lowest BCUT2D eigenvalue weighted by atomic mass is 9.93. The molecule has 1 saturated heterocycles. The van der Waals surface area contributed by atoms with Crippen molar-refractivity contribution in [2.75, 3.05) is 13.2 Å². The zero-order valence-corrected chi connectivity index (χ0v) is 18.3. The number of carboxylic acids is 1. The molecule has 2 unspecified atom stereocenters. The maximum atomic E-state index is 12.9. The van der Waals surface area contributed by atoms with Gasteiger partial charge in [0.25, 0.3) is 0 Å². The monoisotopic (exact) mass is 436 g/mol. The molecule has 2 aliphatic rings. The van der Waals surface area contributed by atoms with Crippen molar-refractivity contribution in [3.05, 3.63) is 59.7 Å². The van der Waals surface area contributed by atoms with Crippen molar-refractivity contribution in [1.82, 2.24) is 10.2 Å². The second-order valence-corrected chi connectivity index (χ2v) is 8.64. The highest BCUT2D eigenvalue weighted by Crippen LogP contribution is 2.44. The average Bonchev–Trinajstić information content (AvgIpc) is 3.11. The smallest absolute Gasteiger partial charge is 0.407 e. The molecule has 1 aliphatic heterocycles. The molecule has 2 amide bonds. The van der Waals surface area contributed by atoms with Gasteiger partial charge in [-0.25, -0.2) is 4.79 Å². The first-order valence-electron chi connectivity index (χ1n) is 11.0. The number of carbonyl (C=O) groups is 3. The normalized spacial score (nSPS) is 20.8. The van der Waals surface area contributed by atoms with E-state index in [1.165, 1.54) is 0 Å². The van der Waals surface area contributed by atoms with Crippen LogP contribution in [0.25, 0.3) is 11.1 Å². The van der Waals surface area contributed by atoms with E-state index < -0.39 is 24.0 Å². The number of benzene rings is 2. The average molecular weight is 437 g/mol. The molecule has 0 saturated carbocycles. The molecule has 168 valence electrons. The summed E-state index contributed by atoms with van der Waals surface area (Å²) < 4.78 is 5.52. The Hall–Kier alpha value is -3.35. The van der Waals surface area contributed by atoms with Crippen molar-refractivity contribution in [2.45, 2.75) is 44.7 Å². The van der Waals surface area contributed by atoms with Gasteiger partial charge in [-0.1, -0.05) is 48.5 Å². The molecule has 0 radical (unpaired) electrons. The van der Waals surface area contributed by atoms with E-state index in [-0.39, 0.29) is 31.0 Å². The SMILES string of the molecule is CC1CCC(C(=O)O)CN1C(=O)[C@H](C)NC(=O)OCC1c2ccccc2-c2ccccc21. The molecule has 2 N–H and O–H groups in total. The highest BCUT2D eigenvalue weighted by Gasteiger charge is 2.35. The van der Waals surface area contributed by atoms with E-state index in [2.05, 4.69) is 17.4 Å². The maximum Gasteiger partial charge on any atom is 0.407 e. The highest BCUT2D eigenvalue weighted by atomic mass is 16.5. The Labute approximate surface area is 187 Å². The van der Waals surface area contributed by atoms with Crippen molar-refractivity contribution in [3.8, 4) is 11.1 Å². The van der Waals surface area contributed by atoms with Crippen LogP contribution in [0.4, 0.5) is 4.79 Å². The number of piperidine rings is 1. The molecular weight excluding hydrogens is 408 g/mol. The van der Waals surface area contributed by atoms with E-state index in [4.69, 9.17) is 4.74 Å². The molecule has 3 atom stereocenters. The summed E-state index contributed by atoms with van der Waals surface area (Å²) in [6, 6.07) is 15.3. The first-order valence-corrected chi connectivity index (χ1v) is 11.0. The topological polar surface area (TPSA) is 95.9 Å². The third-order valence-corrected chi connectivity index (χ3v) is 6.56. The number of amides is 2. The summed E-state index contributed by atoms with van der Waals surface area (Å²) in [6.07, 6.45) is 0.515. The first-order chi connectivity index (χ1) is 15.4. The van der Waals surface area contributed by atoms with Gasteiger partial charge in [0, 0.05) is 18.5 Å². The number of carboxylic acid groups (broad SMARTS) is 1. The molecular formula is C25H28N2O5. The van der Waals surface area contributed by atoms with Gasteiger partial charge >= 0.3 is 12.1 Å². The number of likely N-dealkylation sites (tertiary alicyclic amines) is 1. The van der Waals surface area contributed by atoms with E-state index in [0.717, 1.165) is 22.3 Å². The number of ether oxygens (including phenoxy) is 1. The van der Waals surface area contributed by atoms with E-state index in [0.29, 0.717) is 12.8 Å². The van der Waals surface area contributed by atoms with Crippen LogP contribution in [-0.4, -0.2) is 53.2 Å². The Morgan fingerprint density at radius 1 is 1.06 bits per heavy atom. The quantitative estimate of drug-likeness (QED) is 0.746. The predicted molar refractivity (Wildman–Crippen MR) is 119 cm³/mol. The molecule has 2 aromatic carbocycles. The molecule has 4 rings (SSSR count). The largest absolute Gasteiger partial charge is 0.481 e. The standard InChI is InChI=1S/C25H28N2O5/c1-15-11-12-17(24(29)30)13-27(15)23(28)16(2)26-25(31)32-14-22-20-9-5-3-7-18(20)19-8-4-6-10-21(19)22/h3-10,15-17,22H,11-14H2,1-2H3,(H,26,31)(H,29,30)/t15?,16-,17?/m0/s1. The number of aliphatic carboxylic acids is 1. The Morgan fingerprint density at radius 3 is 2.25 bits per heavy atom. The summed E-state index contributed by atoms with van der Waals surface area (Å²) in [6.45, 7) is 3.82. The van der Waals surface area contributed by atoms with Crippen LogP contribution >= 0.6 is 0 Å². The van der Waals surface area contributed by atoms with Crippen LogP contribution in [0.2, 0.25) is 0 Å². The van der Waals surface area contributed by atoms with Gasteiger partial charge in [0.2, 0.25) is 5.91 Å². The van der Waals surface area contributed by atoms with Crippen molar-refractivity contribution < 1.29 is 24.2 Å². The van der Waals surface area contributed by atoms with Crippen LogP contribution in [0, 0.1) is 5.92 Å². The van der Waals surface area contributed by atoms with Crippen LogP contribution < -0.4 is 5.32 Å². The van der Waals surface area contributed by atoms with Gasteiger partial charge in [-0.15, -0.1) is 0 Å². The third kappa shape index (κ3) is 4.20. The van der Waals surface area contributed by atoms with E-state index in [1.807, 2.05) is 43.3 Å². The molecule has 7 heteroatoms. The van der Waals surface area contributed by atoms with Gasteiger partial charge < -0.3 is 20.1 Å². The molecule has 0 spiro atoms. The van der Waals surface area contributed by atoms with Crippen molar-refractivity contribution >= 4 is 18.0 Å². The number of hydrogen-bond acceptors (Lipinski definition) is 4. The fourth-order valence-corrected chi connectivity index (χ4v) is 4.74. The minimum atomic E-state index is -0.896. The summed E-state index contributed by atoms with van der Waals surface area (Å²) >= 11 is 0. The number of alkyl carbamates (subject to hydrolysis) is 1. The van der Waals surface area contributed by atoms with Gasteiger partial charge in [-0.2, -0.15) is 0 Å². The second kappa shape index (κ2) is 9.02. The fraction of sp³-hybridized carbons (Fsp3) is 0.400. The summed E-state index contributed by atoms with van der Waals surface area (Å²) in [4.78, 5) is 38.2. The van der Waals surface area contributed by atoms with E-state index in [1.54, 1.807) is 11.8 Å². The summed E-state index contributed by atoms with van der Waals surface area (Å²) in [5, 5.41) is 11.9. The second-order valence-electron chi connectivity index (χ2n) is 8.64. The zero-order valence-electron chi connectivity index (χ0n) is 18.3. The molecule has 2 aromatic rings. The Kier molecular flexibility index (Phi) is 6.17. The number of fused-ring (bicyclic) bond motifs is 3.